The van der Waals surface area contributed by atoms with E-state index in [-0.39, 0.29) is 18.0 Å². The lowest BCUT2D eigenvalue weighted by atomic mass is 10.1. The van der Waals surface area contributed by atoms with E-state index in [2.05, 4.69) is 32.9 Å². The molecular weight excluding hydrogens is 380 g/mol. The summed E-state index contributed by atoms with van der Waals surface area (Å²) in [5.74, 6) is 0.991. The minimum absolute atomic E-state index is 0.0957. The first-order valence-electron chi connectivity index (χ1n) is 10.5. The highest BCUT2D eigenvalue weighted by atomic mass is 16.5. The zero-order valence-corrected chi connectivity index (χ0v) is 19.2. The molecule has 0 atom stereocenters. The van der Waals surface area contributed by atoms with Crippen LogP contribution >= 0.6 is 0 Å². The van der Waals surface area contributed by atoms with Crippen LogP contribution in [0.3, 0.4) is 0 Å². The van der Waals surface area contributed by atoms with Crippen molar-refractivity contribution in [2.45, 2.75) is 73.5 Å². The summed E-state index contributed by atoms with van der Waals surface area (Å²) in [4.78, 5) is 12.6. The predicted octanol–water partition coefficient (Wildman–Crippen LogP) is 6.44. The van der Waals surface area contributed by atoms with Gasteiger partial charge in [0, 0.05) is 0 Å². The molecule has 0 amide bonds. The Balaban J connectivity index is 2.33. The van der Waals surface area contributed by atoms with Crippen LogP contribution in [0.5, 0.6) is 17.2 Å². The fourth-order valence-corrected chi connectivity index (χ4v) is 2.92. The van der Waals surface area contributed by atoms with Gasteiger partial charge in [-0.05, 0) is 79.5 Å². The summed E-state index contributed by atoms with van der Waals surface area (Å²) >= 11 is 0. The molecule has 1 aromatic heterocycles. The third-order valence-corrected chi connectivity index (χ3v) is 4.28. The fourth-order valence-electron chi connectivity index (χ4n) is 2.92. The summed E-state index contributed by atoms with van der Waals surface area (Å²) in [6.07, 6.45) is 5.98. The summed E-state index contributed by atoms with van der Waals surface area (Å²) in [7, 11) is 0. The number of allylic oxidation sites excluding steroid dienone is 3. The van der Waals surface area contributed by atoms with Crippen LogP contribution in [-0.2, 0) is 0 Å². The molecule has 1 heterocycles. The molecule has 0 unspecified atom stereocenters. The van der Waals surface area contributed by atoms with Gasteiger partial charge in [-0.1, -0.05) is 23.3 Å². The first kappa shape index (κ1) is 23.6. The van der Waals surface area contributed by atoms with E-state index in [9.17, 15) is 4.79 Å². The molecule has 2 rings (SSSR count). The first-order chi connectivity index (χ1) is 14.2. The van der Waals surface area contributed by atoms with Crippen molar-refractivity contribution in [3.05, 3.63) is 51.9 Å². The molecule has 0 saturated heterocycles. The Morgan fingerprint density at radius 2 is 1.67 bits per heavy atom. The Morgan fingerprint density at radius 3 is 2.30 bits per heavy atom. The van der Waals surface area contributed by atoms with Crippen LogP contribution in [0.4, 0.5) is 0 Å². The van der Waals surface area contributed by atoms with Gasteiger partial charge in [0.05, 0.1) is 17.6 Å². The predicted molar refractivity (Wildman–Crippen MR) is 122 cm³/mol. The van der Waals surface area contributed by atoms with Crippen molar-refractivity contribution in [3.8, 4) is 17.2 Å². The second-order valence-electron chi connectivity index (χ2n) is 8.20. The van der Waals surface area contributed by atoms with Crippen LogP contribution in [0, 0.1) is 0 Å². The largest absolute Gasteiger partial charge is 0.486 e. The first-order valence-corrected chi connectivity index (χ1v) is 10.5. The molecule has 0 bridgehead atoms. The highest BCUT2D eigenvalue weighted by Gasteiger charge is 2.21. The summed E-state index contributed by atoms with van der Waals surface area (Å²) < 4.78 is 23.2. The minimum atomic E-state index is -0.573. The number of hydrogen-bond donors (Lipinski definition) is 0. The Kier molecular flexibility index (Phi) is 8.58. The van der Waals surface area contributed by atoms with E-state index in [0.717, 1.165) is 12.8 Å². The van der Waals surface area contributed by atoms with E-state index in [1.165, 1.54) is 11.1 Å². The van der Waals surface area contributed by atoms with Crippen LogP contribution in [0.15, 0.2) is 50.7 Å². The molecule has 5 nitrogen and oxygen atoms in total. The van der Waals surface area contributed by atoms with Gasteiger partial charge in [-0.2, -0.15) is 0 Å². The molecule has 0 aliphatic rings. The van der Waals surface area contributed by atoms with Crippen LogP contribution in [-0.4, -0.2) is 18.8 Å². The van der Waals surface area contributed by atoms with Crippen LogP contribution in [0.2, 0.25) is 0 Å². The summed E-state index contributed by atoms with van der Waals surface area (Å²) in [6.45, 7) is 14.2. The zero-order chi connectivity index (χ0) is 22.3. The molecule has 0 fully saturated rings. The van der Waals surface area contributed by atoms with Crippen LogP contribution in [0.1, 0.15) is 61.3 Å². The van der Waals surface area contributed by atoms with Crippen molar-refractivity contribution >= 4 is 11.0 Å². The zero-order valence-electron chi connectivity index (χ0n) is 19.2. The van der Waals surface area contributed by atoms with Gasteiger partial charge in [0.1, 0.15) is 6.61 Å². The van der Waals surface area contributed by atoms with Crippen molar-refractivity contribution in [2.24, 2.45) is 0 Å². The minimum Gasteiger partial charge on any atom is -0.486 e. The fraction of sp³-hybridized carbons (Fsp3) is 0.480. The normalized spacial score (nSPS) is 11.8. The molecule has 0 spiro atoms. The van der Waals surface area contributed by atoms with Crippen molar-refractivity contribution in [1.82, 2.24) is 0 Å². The van der Waals surface area contributed by atoms with Crippen LogP contribution < -0.4 is 19.8 Å². The molecule has 0 N–H and O–H groups in total. The maximum absolute atomic E-state index is 12.6. The van der Waals surface area contributed by atoms with Gasteiger partial charge < -0.3 is 18.6 Å². The summed E-state index contributed by atoms with van der Waals surface area (Å²) in [5.41, 5.74) is 2.37. The van der Waals surface area contributed by atoms with Gasteiger partial charge >= 0.3 is 5.63 Å². The molecule has 0 radical (unpaired) electrons. The number of para-hydroxylation sites is 1. The Bertz CT molecular complexity index is 959. The Labute approximate surface area is 179 Å². The number of ether oxygens (including phenoxy) is 3. The van der Waals surface area contributed by atoms with E-state index >= 15 is 0 Å². The third kappa shape index (κ3) is 6.68. The maximum atomic E-state index is 12.6. The molecule has 2 aromatic rings. The quantitative estimate of drug-likeness (QED) is 0.331. The standard InChI is InChI=1S/C25H34O5/c1-16(2)10-8-11-19(7)14-15-27-21-13-9-12-20-22(21)30-25(26)24(29-18(5)6)23(20)28-17(3)4/h9-10,12-14,17-18H,8,11,15H2,1-7H3/b19-14+. The van der Waals surface area contributed by atoms with Gasteiger partial charge in [-0.25, -0.2) is 4.79 Å². The molecule has 1 aromatic carbocycles. The molecule has 5 heteroatoms. The number of rotatable bonds is 10. The van der Waals surface area contributed by atoms with Gasteiger partial charge in [-0.15, -0.1) is 0 Å². The van der Waals surface area contributed by atoms with Gasteiger partial charge in [0.2, 0.25) is 5.75 Å². The second kappa shape index (κ2) is 10.9. The SMILES string of the molecule is CC(C)=CCC/C(C)=C/COc1cccc2c(OC(C)C)c(OC(C)C)c(=O)oc12. The molecule has 164 valence electrons. The van der Waals surface area contributed by atoms with Gasteiger partial charge in [0.15, 0.2) is 17.1 Å². The van der Waals surface area contributed by atoms with Crippen molar-refractivity contribution in [1.29, 1.82) is 0 Å². The number of benzene rings is 1. The topological polar surface area (TPSA) is 57.9 Å². The summed E-state index contributed by atoms with van der Waals surface area (Å²) in [6, 6.07) is 5.49. The van der Waals surface area contributed by atoms with Gasteiger partial charge in [-0.3, -0.25) is 0 Å². The van der Waals surface area contributed by atoms with Crippen LogP contribution in [0.25, 0.3) is 11.0 Å². The average molecular weight is 415 g/mol. The van der Waals surface area contributed by atoms with Crippen molar-refractivity contribution in [3.63, 3.8) is 0 Å². The van der Waals surface area contributed by atoms with E-state index in [1.807, 2.05) is 39.8 Å². The summed E-state index contributed by atoms with van der Waals surface area (Å²) in [5, 5.41) is 0.653. The lowest BCUT2D eigenvalue weighted by Crippen LogP contribution is -2.17. The third-order valence-electron chi connectivity index (χ3n) is 4.28. The number of fused-ring (bicyclic) bond motifs is 1. The van der Waals surface area contributed by atoms with E-state index in [4.69, 9.17) is 18.6 Å². The number of hydrogen-bond acceptors (Lipinski definition) is 5. The molecule has 30 heavy (non-hydrogen) atoms. The molecule has 0 aliphatic heterocycles. The van der Waals surface area contributed by atoms with Gasteiger partial charge in [0.25, 0.3) is 0 Å². The average Bonchev–Trinajstić information content (AvgIpc) is 2.64. The molecular formula is C25H34O5. The second-order valence-corrected chi connectivity index (χ2v) is 8.20. The maximum Gasteiger partial charge on any atom is 0.383 e. The van der Waals surface area contributed by atoms with Crippen molar-refractivity contribution < 1.29 is 18.6 Å². The lowest BCUT2D eigenvalue weighted by molar-refractivity contribution is 0.192. The molecule has 0 saturated carbocycles. The molecule has 0 aliphatic carbocycles. The lowest BCUT2D eigenvalue weighted by Gasteiger charge is -2.18. The Morgan fingerprint density at radius 1 is 1.00 bits per heavy atom. The highest BCUT2D eigenvalue weighted by Crippen LogP contribution is 2.37. The monoisotopic (exact) mass is 414 g/mol. The van der Waals surface area contributed by atoms with Crippen molar-refractivity contribution in [2.75, 3.05) is 6.61 Å². The Hall–Kier alpha value is -2.69. The van der Waals surface area contributed by atoms with E-state index < -0.39 is 5.63 Å². The smallest absolute Gasteiger partial charge is 0.383 e. The van der Waals surface area contributed by atoms with E-state index in [1.54, 1.807) is 6.07 Å². The van der Waals surface area contributed by atoms with E-state index in [0.29, 0.717) is 29.1 Å². The highest BCUT2D eigenvalue weighted by molar-refractivity contribution is 5.89.